The molecule has 0 amide bonds. The Labute approximate surface area is 74.3 Å². The van der Waals surface area contributed by atoms with Crippen LogP contribution in [-0.4, -0.2) is 24.7 Å². The average Bonchev–Trinajstić information content (AvgIpc) is 2.07. The van der Waals surface area contributed by atoms with Crippen LogP contribution in [-0.2, 0) is 9.53 Å². The SMILES string of the molecule is CC.CC(C)(CN)OC(=O)CN. The highest BCUT2D eigenvalue weighted by molar-refractivity contribution is 5.71. The molecule has 74 valence electrons. The standard InChI is InChI=1S/C6H14N2O2.C2H6/c1-6(2,4-8)10-5(9)3-7;1-2/h3-4,7-8H2,1-2H3;1-2H3. The summed E-state index contributed by atoms with van der Waals surface area (Å²) in [4.78, 5) is 10.6. The Balaban J connectivity index is 0. The smallest absolute Gasteiger partial charge is 0.320 e. The van der Waals surface area contributed by atoms with Crippen LogP contribution in [0.25, 0.3) is 0 Å². The lowest BCUT2D eigenvalue weighted by molar-refractivity contribution is -0.153. The summed E-state index contributed by atoms with van der Waals surface area (Å²) in [6.45, 7) is 7.68. The second-order valence-electron chi connectivity index (χ2n) is 2.64. The minimum absolute atomic E-state index is 0.0938. The number of rotatable bonds is 3. The van der Waals surface area contributed by atoms with Gasteiger partial charge >= 0.3 is 5.97 Å². The zero-order valence-electron chi connectivity index (χ0n) is 8.39. The van der Waals surface area contributed by atoms with Crippen LogP contribution >= 0.6 is 0 Å². The topological polar surface area (TPSA) is 78.3 Å². The van der Waals surface area contributed by atoms with Crippen LogP contribution in [0.4, 0.5) is 0 Å². The van der Waals surface area contributed by atoms with Crippen LogP contribution in [0.1, 0.15) is 27.7 Å². The number of hydrogen-bond acceptors (Lipinski definition) is 4. The summed E-state index contributed by atoms with van der Waals surface area (Å²) in [6, 6.07) is 0. The third kappa shape index (κ3) is 7.50. The van der Waals surface area contributed by atoms with Gasteiger partial charge in [0.1, 0.15) is 5.60 Å². The van der Waals surface area contributed by atoms with Gasteiger partial charge in [-0.05, 0) is 13.8 Å². The third-order valence-electron chi connectivity index (χ3n) is 1.05. The van der Waals surface area contributed by atoms with Crippen molar-refractivity contribution in [2.45, 2.75) is 33.3 Å². The van der Waals surface area contributed by atoms with Gasteiger partial charge in [0.15, 0.2) is 0 Å². The first-order valence-corrected chi connectivity index (χ1v) is 4.14. The van der Waals surface area contributed by atoms with Gasteiger partial charge < -0.3 is 16.2 Å². The molecule has 0 spiro atoms. The summed E-state index contributed by atoms with van der Waals surface area (Å²) >= 11 is 0. The maximum absolute atomic E-state index is 10.6. The molecule has 0 rings (SSSR count). The summed E-state index contributed by atoms with van der Waals surface area (Å²) in [5.41, 5.74) is 9.72. The van der Waals surface area contributed by atoms with Crippen molar-refractivity contribution in [2.24, 2.45) is 11.5 Å². The number of ether oxygens (including phenoxy) is 1. The molecule has 0 aromatic heterocycles. The first-order valence-electron chi connectivity index (χ1n) is 4.14. The zero-order valence-corrected chi connectivity index (χ0v) is 8.39. The van der Waals surface area contributed by atoms with Gasteiger partial charge in [0, 0.05) is 6.54 Å². The average molecular weight is 176 g/mol. The number of esters is 1. The maximum atomic E-state index is 10.6. The number of hydrogen-bond donors (Lipinski definition) is 2. The second kappa shape index (κ2) is 7.06. The second-order valence-corrected chi connectivity index (χ2v) is 2.64. The molecule has 0 saturated heterocycles. The van der Waals surface area contributed by atoms with E-state index in [-0.39, 0.29) is 6.54 Å². The molecule has 4 nitrogen and oxygen atoms in total. The highest BCUT2D eigenvalue weighted by atomic mass is 16.6. The Hall–Kier alpha value is -0.610. The maximum Gasteiger partial charge on any atom is 0.320 e. The van der Waals surface area contributed by atoms with Crippen molar-refractivity contribution in [3.05, 3.63) is 0 Å². The highest BCUT2D eigenvalue weighted by Gasteiger charge is 2.19. The van der Waals surface area contributed by atoms with E-state index in [1.165, 1.54) is 0 Å². The molecular weight excluding hydrogens is 156 g/mol. The van der Waals surface area contributed by atoms with E-state index >= 15 is 0 Å². The van der Waals surface area contributed by atoms with Crippen LogP contribution in [0.15, 0.2) is 0 Å². The Morgan fingerprint density at radius 3 is 2.00 bits per heavy atom. The quantitative estimate of drug-likeness (QED) is 0.604. The van der Waals surface area contributed by atoms with E-state index in [1.54, 1.807) is 13.8 Å². The predicted octanol–water partition coefficient (Wildman–Crippen LogP) is 0.252. The van der Waals surface area contributed by atoms with Crippen molar-refractivity contribution < 1.29 is 9.53 Å². The molecule has 0 aliphatic heterocycles. The minimum atomic E-state index is -0.587. The van der Waals surface area contributed by atoms with Crippen LogP contribution < -0.4 is 11.5 Å². The number of carbonyl (C=O) groups excluding carboxylic acids is 1. The monoisotopic (exact) mass is 176 g/mol. The third-order valence-corrected chi connectivity index (χ3v) is 1.05. The first-order chi connectivity index (χ1) is 5.52. The summed E-state index contributed by atoms with van der Waals surface area (Å²) < 4.78 is 4.85. The van der Waals surface area contributed by atoms with Crippen LogP contribution in [0, 0.1) is 0 Å². The highest BCUT2D eigenvalue weighted by Crippen LogP contribution is 2.05. The van der Waals surface area contributed by atoms with Crippen molar-refractivity contribution in [2.75, 3.05) is 13.1 Å². The van der Waals surface area contributed by atoms with Crippen LogP contribution in [0.3, 0.4) is 0 Å². The Morgan fingerprint density at radius 1 is 1.33 bits per heavy atom. The number of carbonyl (C=O) groups is 1. The summed E-state index contributed by atoms with van der Waals surface area (Å²) in [5, 5.41) is 0. The van der Waals surface area contributed by atoms with Crippen molar-refractivity contribution in [3.63, 3.8) is 0 Å². The first kappa shape index (κ1) is 13.9. The molecule has 0 heterocycles. The molecule has 4 heteroatoms. The summed E-state index contributed by atoms with van der Waals surface area (Å²) in [6.07, 6.45) is 0. The molecule has 0 atom stereocenters. The normalized spacial score (nSPS) is 9.83. The molecule has 0 saturated carbocycles. The van der Waals surface area contributed by atoms with Gasteiger partial charge in [-0.2, -0.15) is 0 Å². The molecule has 0 radical (unpaired) electrons. The van der Waals surface area contributed by atoms with E-state index in [1.807, 2.05) is 13.8 Å². The van der Waals surface area contributed by atoms with E-state index < -0.39 is 11.6 Å². The molecule has 0 aliphatic rings. The van der Waals surface area contributed by atoms with Gasteiger partial charge in [-0.25, -0.2) is 0 Å². The molecule has 4 N–H and O–H groups in total. The minimum Gasteiger partial charge on any atom is -0.457 e. The van der Waals surface area contributed by atoms with Gasteiger partial charge in [0.2, 0.25) is 0 Å². The molecule has 0 fully saturated rings. The Kier molecular flexibility index (Phi) is 8.21. The Morgan fingerprint density at radius 2 is 1.75 bits per heavy atom. The van der Waals surface area contributed by atoms with Crippen molar-refractivity contribution in [3.8, 4) is 0 Å². The largest absolute Gasteiger partial charge is 0.457 e. The predicted molar refractivity (Wildman–Crippen MR) is 49.6 cm³/mol. The molecule has 0 bridgehead atoms. The van der Waals surface area contributed by atoms with Gasteiger partial charge in [0.25, 0.3) is 0 Å². The van der Waals surface area contributed by atoms with E-state index in [9.17, 15) is 4.79 Å². The molecule has 0 aromatic carbocycles. The summed E-state index contributed by atoms with van der Waals surface area (Å²) in [7, 11) is 0. The van der Waals surface area contributed by atoms with Crippen molar-refractivity contribution in [1.82, 2.24) is 0 Å². The number of nitrogens with two attached hydrogens (primary N) is 2. The van der Waals surface area contributed by atoms with E-state index in [2.05, 4.69) is 0 Å². The zero-order chi connectivity index (χ0) is 10.2. The molecule has 0 aliphatic carbocycles. The van der Waals surface area contributed by atoms with Gasteiger partial charge in [-0.15, -0.1) is 0 Å². The van der Waals surface area contributed by atoms with E-state index in [0.29, 0.717) is 6.54 Å². The lowest BCUT2D eigenvalue weighted by atomic mass is 10.1. The van der Waals surface area contributed by atoms with E-state index in [0.717, 1.165) is 0 Å². The van der Waals surface area contributed by atoms with Crippen LogP contribution in [0.2, 0.25) is 0 Å². The Bertz CT molecular complexity index is 124. The van der Waals surface area contributed by atoms with E-state index in [4.69, 9.17) is 16.2 Å². The van der Waals surface area contributed by atoms with Gasteiger partial charge in [-0.1, -0.05) is 13.8 Å². The molecule has 0 aromatic rings. The lowest BCUT2D eigenvalue weighted by Crippen LogP contribution is -2.38. The fourth-order valence-corrected chi connectivity index (χ4v) is 0.391. The molecule has 12 heavy (non-hydrogen) atoms. The van der Waals surface area contributed by atoms with Crippen LogP contribution in [0.5, 0.6) is 0 Å². The molecular formula is C8H20N2O2. The summed E-state index contributed by atoms with van der Waals surface area (Å²) in [5.74, 6) is -0.421. The van der Waals surface area contributed by atoms with Gasteiger partial charge in [-0.3, -0.25) is 4.79 Å². The fourth-order valence-electron chi connectivity index (χ4n) is 0.391. The van der Waals surface area contributed by atoms with Crippen molar-refractivity contribution >= 4 is 5.97 Å². The van der Waals surface area contributed by atoms with Crippen molar-refractivity contribution in [1.29, 1.82) is 0 Å². The fraction of sp³-hybridized carbons (Fsp3) is 0.875. The molecule has 0 unspecified atom stereocenters. The van der Waals surface area contributed by atoms with Gasteiger partial charge in [0.05, 0.1) is 6.54 Å². The lowest BCUT2D eigenvalue weighted by Gasteiger charge is -2.22.